The Labute approximate surface area is 150 Å². The van der Waals surface area contributed by atoms with Crippen molar-refractivity contribution in [2.75, 3.05) is 5.32 Å². The quantitative estimate of drug-likeness (QED) is 0.738. The van der Waals surface area contributed by atoms with Gasteiger partial charge in [0.25, 0.3) is 0 Å². The number of hydrogen-bond donors (Lipinski definition) is 2. The Hall–Kier alpha value is -2.73. The smallest absolute Gasteiger partial charge is 0.224 e. The molecule has 2 amide bonds. The van der Waals surface area contributed by atoms with E-state index in [1.54, 1.807) is 0 Å². The SMILES string of the molecule is CC(=O)Nc1nc2ccc(CC(=O)NCc3ccc(C)cc3)cc2s1. The van der Waals surface area contributed by atoms with Crippen LogP contribution in [0.15, 0.2) is 42.5 Å². The van der Waals surface area contributed by atoms with Gasteiger partial charge in [-0.25, -0.2) is 4.98 Å². The first-order valence-corrected chi connectivity index (χ1v) is 8.80. The number of aromatic nitrogens is 1. The second kappa shape index (κ2) is 7.44. The van der Waals surface area contributed by atoms with E-state index in [-0.39, 0.29) is 11.8 Å². The summed E-state index contributed by atoms with van der Waals surface area (Å²) in [6.45, 7) is 4.01. The van der Waals surface area contributed by atoms with Crippen LogP contribution in [0.2, 0.25) is 0 Å². The Morgan fingerprint density at radius 1 is 1.08 bits per heavy atom. The van der Waals surface area contributed by atoms with E-state index in [2.05, 4.69) is 15.6 Å². The molecule has 0 aliphatic rings. The summed E-state index contributed by atoms with van der Waals surface area (Å²) in [4.78, 5) is 27.6. The molecule has 0 aliphatic carbocycles. The molecule has 0 aliphatic heterocycles. The number of carbonyl (C=O) groups excluding carboxylic acids is 2. The molecule has 0 spiro atoms. The summed E-state index contributed by atoms with van der Waals surface area (Å²) in [5.74, 6) is -0.165. The number of thiazole rings is 1. The van der Waals surface area contributed by atoms with E-state index in [1.165, 1.54) is 23.8 Å². The van der Waals surface area contributed by atoms with Gasteiger partial charge in [-0.2, -0.15) is 0 Å². The second-order valence-electron chi connectivity index (χ2n) is 5.94. The molecule has 1 heterocycles. The topological polar surface area (TPSA) is 71.1 Å². The fraction of sp³-hybridized carbons (Fsp3) is 0.211. The standard InChI is InChI=1S/C19H19N3O2S/c1-12-3-5-14(6-4-12)11-20-18(24)10-15-7-8-16-17(9-15)25-19(22-16)21-13(2)23/h3-9H,10-11H2,1-2H3,(H,20,24)(H,21,22,23). The van der Waals surface area contributed by atoms with Crippen LogP contribution in [0.3, 0.4) is 0 Å². The number of benzene rings is 2. The predicted octanol–water partition coefficient (Wildman–Crippen LogP) is 3.42. The van der Waals surface area contributed by atoms with Crippen molar-refractivity contribution >= 4 is 38.5 Å². The lowest BCUT2D eigenvalue weighted by Gasteiger charge is -2.06. The van der Waals surface area contributed by atoms with Crippen molar-refractivity contribution in [1.82, 2.24) is 10.3 Å². The fourth-order valence-electron chi connectivity index (χ4n) is 2.44. The van der Waals surface area contributed by atoms with Crippen LogP contribution >= 0.6 is 11.3 Å². The van der Waals surface area contributed by atoms with E-state index in [0.717, 1.165) is 21.3 Å². The van der Waals surface area contributed by atoms with Crippen molar-refractivity contribution in [3.63, 3.8) is 0 Å². The van der Waals surface area contributed by atoms with Crippen molar-refractivity contribution < 1.29 is 9.59 Å². The molecule has 0 saturated carbocycles. The molecular weight excluding hydrogens is 334 g/mol. The minimum Gasteiger partial charge on any atom is -0.352 e. The molecule has 5 nitrogen and oxygen atoms in total. The van der Waals surface area contributed by atoms with Crippen LogP contribution in [0.25, 0.3) is 10.2 Å². The third kappa shape index (κ3) is 4.64. The molecular formula is C19H19N3O2S. The van der Waals surface area contributed by atoms with Gasteiger partial charge in [-0.05, 0) is 30.2 Å². The van der Waals surface area contributed by atoms with Crippen LogP contribution < -0.4 is 10.6 Å². The van der Waals surface area contributed by atoms with E-state index in [4.69, 9.17) is 0 Å². The number of anilines is 1. The lowest BCUT2D eigenvalue weighted by Crippen LogP contribution is -2.24. The Morgan fingerprint density at radius 3 is 2.52 bits per heavy atom. The number of amides is 2. The zero-order chi connectivity index (χ0) is 17.8. The Bertz CT molecular complexity index is 916. The second-order valence-corrected chi connectivity index (χ2v) is 6.97. The van der Waals surface area contributed by atoms with Gasteiger partial charge >= 0.3 is 0 Å². The fourth-order valence-corrected chi connectivity index (χ4v) is 3.41. The summed E-state index contributed by atoms with van der Waals surface area (Å²) in [5, 5.41) is 6.20. The van der Waals surface area contributed by atoms with E-state index in [9.17, 15) is 9.59 Å². The third-order valence-corrected chi connectivity index (χ3v) is 4.64. The first-order valence-electron chi connectivity index (χ1n) is 7.99. The Balaban J connectivity index is 1.62. The highest BCUT2D eigenvalue weighted by Gasteiger charge is 2.08. The van der Waals surface area contributed by atoms with Gasteiger partial charge in [0.1, 0.15) is 0 Å². The van der Waals surface area contributed by atoms with Gasteiger partial charge in [-0.1, -0.05) is 47.2 Å². The van der Waals surface area contributed by atoms with E-state index < -0.39 is 0 Å². The first-order chi connectivity index (χ1) is 12.0. The summed E-state index contributed by atoms with van der Waals surface area (Å²) in [5.41, 5.74) is 4.02. The molecule has 6 heteroatoms. The molecule has 2 N–H and O–H groups in total. The van der Waals surface area contributed by atoms with Crippen molar-refractivity contribution in [1.29, 1.82) is 0 Å². The molecule has 0 unspecified atom stereocenters. The van der Waals surface area contributed by atoms with Gasteiger partial charge in [0, 0.05) is 13.5 Å². The normalized spacial score (nSPS) is 10.6. The number of rotatable bonds is 5. The number of carbonyl (C=O) groups is 2. The maximum Gasteiger partial charge on any atom is 0.224 e. The average Bonchev–Trinajstić information content (AvgIpc) is 2.95. The Kier molecular flexibility index (Phi) is 5.09. The van der Waals surface area contributed by atoms with Crippen molar-refractivity contribution in [3.05, 3.63) is 59.2 Å². The average molecular weight is 353 g/mol. The van der Waals surface area contributed by atoms with Gasteiger partial charge in [0.15, 0.2) is 5.13 Å². The molecule has 0 fully saturated rings. The summed E-state index contributed by atoms with van der Waals surface area (Å²) >= 11 is 1.40. The molecule has 25 heavy (non-hydrogen) atoms. The molecule has 0 atom stereocenters. The van der Waals surface area contributed by atoms with Crippen molar-refractivity contribution in [2.24, 2.45) is 0 Å². The van der Waals surface area contributed by atoms with Crippen LogP contribution in [-0.4, -0.2) is 16.8 Å². The minimum absolute atomic E-state index is 0.0217. The van der Waals surface area contributed by atoms with Gasteiger partial charge in [0.2, 0.25) is 11.8 Å². The zero-order valence-electron chi connectivity index (χ0n) is 14.1. The number of fused-ring (bicyclic) bond motifs is 1. The lowest BCUT2D eigenvalue weighted by molar-refractivity contribution is -0.120. The number of hydrogen-bond acceptors (Lipinski definition) is 4. The Morgan fingerprint density at radius 2 is 1.80 bits per heavy atom. The third-order valence-electron chi connectivity index (χ3n) is 3.71. The highest BCUT2D eigenvalue weighted by atomic mass is 32.1. The van der Waals surface area contributed by atoms with Gasteiger partial charge in [-0.15, -0.1) is 0 Å². The van der Waals surface area contributed by atoms with Crippen molar-refractivity contribution in [2.45, 2.75) is 26.8 Å². The largest absolute Gasteiger partial charge is 0.352 e. The monoisotopic (exact) mass is 353 g/mol. The summed E-state index contributed by atoms with van der Waals surface area (Å²) < 4.78 is 0.951. The van der Waals surface area contributed by atoms with Crippen LogP contribution in [0.1, 0.15) is 23.6 Å². The minimum atomic E-state index is -0.144. The molecule has 0 bridgehead atoms. The van der Waals surface area contributed by atoms with Gasteiger partial charge in [-0.3, -0.25) is 9.59 Å². The van der Waals surface area contributed by atoms with Crippen LogP contribution in [0, 0.1) is 6.92 Å². The molecule has 1 aromatic heterocycles. The maximum absolute atomic E-state index is 12.2. The van der Waals surface area contributed by atoms with Crippen LogP contribution in [0.4, 0.5) is 5.13 Å². The van der Waals surface area contributed by atoms with Crippen LogP contribution in [-0.2, 0) is 22.6 Å². The molecule has 3 aromatic rings. The molecule has 0 radical (unpaired) electrons. The highest BCUT2D eigenvalue weighted by Crippen LogP contribution is 2.26. The molecule has 0 saturated heterocycles. The maximum atomic E-state index is 12.2. The zero-order valence-corrected chi connectivity index (χ0v) is 14.9. The van der Waals surface area contributed by atoms with Crippen LogP contribution in [0.5, 0.6) is 0 Å². The van der Waals surface area contributed by atoms with E-state index in [0.29, 0.717) is 18.1 Å². The molecule has 2 aromatic carbocycles. The number of aryl methyl sites for hydroxylation is 1. The van der Waals surface area contributed by atoms with Gasteiger partial charge in [0.05, 0.1) is 16.6 Å². The lowest BCUT2D eigenvalue weighted by atomic mass is 10.1. The van der Waals surface area contributed by atoms with E-state index >= 15 is 0 Å². The summed E-state index contributed by atoms with van der Waals surface area (Å²) in [6.07, 6.45) is 0.315. The first kappa shape index (κ1) is 17.1. The summed E-state index contributed by atoms with van der Waals surface area (Å²) in [6, 6.07) is 13.8. The molecule has 128 valence electrons. The predicted molar refractivity (Wildman–Crippen MR) is 101 cm³/mol. The van der Waals surface area contributed by atoms with E-state index in [1.807, 2.05) is 49.4 Å². The number of nitrogens with one attached hydrogen (secondary N) is 2. The highest BCUT2D eigenvalue weighted by molar-refractivity contribution is 7.22. The molecule has 3 rings (SSSR count). The summed E-state index contributed by atoms with van der Waals surface area (Å²) in [7, 11) is 0. The number of nitrogens with zero attached hydrogens (tertiary/aromatic N) is 1. The van der Waals surface area contributed by atoms with Gasteiger partial charge < -0.3 is 10.6 Å². The van der Waals surface area contributed by atoms with Crippen molar-refractivity contribution in [3.8, 4) is 0 Å².